The van der Waals surface area contributed by atoms with Gasteiger partial charge in [0.2, 0.25) is 0 Å². The molecule has 0 radical (unpaired) electrons. The van der Waals surface area contributed by atoms with Crippen LogP contribution >= 0.6 is 11.6 Å². The molecule has 0 spiro atoms. The van der Waals surface area contributed by atoms with Gasteiger partial charge in [0.15, 0.2) is 0 Å². The summed E-state index contributed by atoms with van der Waals surface area (Å²) in [5, 5.41) is 0.636. The van der Waals surface area contributed by atoms with Crippen molar-refractivity contribution in [1.29, 1.82) is 0 Å². The molecule has 0 aliphatic heterocycles. The highest BCUT2D eigenvalue weighted by Crippen LogP contribution is 2.36. The number of hydrogen-bond acceptors (Lipinski definition) is 4. The fourth-order valence-electron chi connectivity index (χ4n) is 2.99. The Morgan fingerprint density at radius 2 is 2.19 bits per heavy atom. The lowest BCUT2D eigenvalue weighted by molar-refractivity contribution is -0.152. The van der Waals surface area contributed by atoms with Gasteiger partial charge in [-0.05, 0) is 24.1 Å². The Bertz CT molecular complexity index is 829. The first kappa shape index (κ1) is 18.4. The van der Waals surface area contributed by atoms with Crippen LogP contribution in [0.3, 0.4) is 0 Å². The lowest BCUT2D eigenvalue weighted by Gasteiger charge is -2.35. The fraction of sp³-hybridized carbons (Fsp3) is 0.300. The first-order valence-corrected chi connectivity index (χ1v) is 8.75. The molecule has 0 N–H and O–H groups in total. The van der Waals surface area contributed by atoms with Crippen LogP contribution in [0.5, 0.6) is 0 Å². The second-order valence-electron chi connectivity index (χ2n) is 6.27. The summed E-state index contributed by atoms with van der Waals surface area (Å²) in [5.74, 6) is -0.907. The van der Waals surface area contributed by atoms with Crippen LogP contribution in [0.1, 0.15) is 12.5 Å². The predicted molar refractivity (Wildman–Crippen MR) is 101 cm³/mol. The predicted octanol–water partition coefficient (Wildman–Crippen LogP) is 3.75. The molecule has 1 aliphatic rings. The van der Waals surface area contributed by atoms with E-state index in [1.165, 1.54) is 7.11 Å². The molecule has 0 saturated heterocycles. The van der Waals surface area contributed by atoms with Crippen molar-refractivity contribution >= 4 is 23.1 Å². The van der Waals surface area contributed by atoms with Gasteiger partial charge in [-0.1, -0.05) is 48.0 Å². The normalized spacial score (nSPS) is 22.1. The monoisotopic (exact) mass is 372 g/mol. The van der Waals surface area contributed by atoms with Crippen molar-refractivity contribution in [2.45, 2.75) is 19.1 Å². The second kappa shape index (κ2) is 7.89. The summed E-state index contributed by atoms with van der Waals surface area (Å²) in [4.78, 5) is 16.4. The number of aromatic nitrogens is 2. The van der Waals surface area contributed by atoms with E-state index in [0.717, 1.165) is 11.1 Å². The van der Waals surface area contributed by atoms with Crippen molar-refractivity contribution in [3.8, 4) is 0 Å². The van der Waals surface area contributed by atoms with Crippen LogP contribution < -0.4 is 0 Å². The third kappa shape index (κ3) is 3.89. The van der Waals surface area contributed by atoms with Crippen molar-refractivity contribution in [3.63, 3.8) is 0 Å². The molecular weight excluding hydrogens is 352 g/mol. The highest BCUT2D eigenvalue weighted by molar-refractivity contribution is 6.32. The average Bonchev–Trinajstić information content (AvgIpc) is 3.15. The molecular formula is C20H21ClN2O3. The summed E-state index contributed by atoms with van der Waals surface area (Å²) >= 11 is 6.30. The van der Waals surface area contributed by atoms with Gasteiger partial charge in [-0.25, -0.2) is 4.98 Å². The largest absolute Gasteiger partial charge is 0.468 e. The zero-order valence-corrected chi connectivity index (χ0v) is 15.5. The molecule has 136 valence electrons. The standard InChI is InChI=1S/C20H21ClN2O3/c1-20(26-12-11-23-10-9-22-14-23)8-7-15(13-17(20)19(24)25-2)16-5-3-4-6-18(16)21/h3-10,13-14,17H,11-12H2,1-2H3. The SMILES string of the molecule is COC(=O)C1C=C(c2ccccc2Cl)C=CC1(C)OCCn1ccnc1. The maximum Gasteiger partial charge on any atom is 0.315 e. The molecule has 26 heavy (non-hydrogen) atoms. The summed E-state index contributed by atoms with van der Waals surface area (Å²) in [6.45, 7) is 2.98. The Kier molecular flexibility index (Phi) is 5.59. The van der Waals surface area contributed by atoms with Gasteiger partial charge in [-0.3, -0.25) is 4.79 Å². The third-order valence-corrected chi connectivity index (χ3v) is 4.85. The van der Waals surface area contributed by atoms with Crippen LogP contribution in [0.2, 0.25) is 5.02 Å². The molecule has 3 rings (SSSR count). The molecule has 0 fully saturated rings. The number of esters is 1. The van der Waals surface area contributed by atoms with Gasteiger partial charge in [-0.15, -0.1) is 0 Å². The van der Waals surface area contributed by atoms with E-state index in [1.54, 1.807) is 12.5 Å². The van der Waals surface area contributed by atoms with Crippen molar-refractivity contribution in [3.05, 3.63) is 71.8 Å². The summed E-state index contributed by atoms with van der Waals surface area (Å²) in [6.07, 6.45) is 11.0. The Labute approximate surface area is 157 Å². The minimum atomic E-state index is -0.793. The molecule has 2 aromatic rings. The number of benzene rings is 1. The summed E-state index contributed by atoms with van der Waals surface area (Å²) in [5.41, 5.74) is 0.958. The van der Waals surface area contributed by atoms with Gasteiger partial charge in [0, 0.05) is 24.0 Å². The number of rotatable bonds is 6. The highest BCUT2D eigenvalue weighted by atomic mass is 35.5. The average molecular weight is 373 g/mol. The summed E-state index contributed by atoms with van der Waals surface area (Å²) in [7, 11) is 1.38. The van der Waals surface area contributed by atoms with E-state index in [-0.39, 0.29) is 5.97 Å². The molecule has 1 aromatic heterocycles. The number of hydrogen-bond donors (Lipinski definition) is 0. The van der Waals surface area contributed by atoms with Crippen LogP contribution in [0.25, 0.3) is 5.57 Å². The topological polar surface area (TPSA) is 53.4 Å². The van der Waals surface area contributed by atoms with Crippen LogP contribution in [0.15, 0.2) is 61.2 Å². The summed E-state index contributed by atoms with van der Waals surface area (Å²) in [6, 6.07) is 7.54. The zero-order valence-electron chi connectivity index (χ0n) is 14.8. The Balaban J connectivity index is 1.81. The molecule has 0 saturated carbocycles. The fourth-order valence-corrected chi connectivity index (χ4v) is 3.24. The van der Waals surface area contributed by atoms with Gasteiger partial charge >= 0.3 is 5.97 Å². The minimum Gasteiger partial charge on any atom is -0.468 e. The number of nitrogens with zero attached hydrogens (tertiary/aromatic N) is 2. The van der Waals surface area contributed by atoms with E-state index in [2.05, 4.69) is 4.98 Å². The van der Waals surface area contributed by atoms with Crippen molar-refractivity contribution in [2.75, 3.05) is 13.7 Å². The Hall–Kier alpha value is -2.37. The maximum absolute atomic E-state index is 12.4. The molecule has 1 heterocycles. The first-order chi connectivity index (χ1) is 12.5. The molecule has 1 aliphatic carbocycles. The molecule has 2 unspecified atom stereocenters. The number of halogens is 1. The van der Waals surface area contributed by atoms with E-state index < -0.39 is 11.5 Å². The summed E-state index contributed by atoms with van der Waals surface area (Å²) < 4.78 is 13.0. The lowest BCUT2D eigenvalue weighted by atomic mass is 9.81. The molecule has 0 amide bonds. The van der Waals surface area contributed by atoms with Crippen LogP contribution in [-0.4, -0.2) is 34.8 Å². The van der Waals surface area contributed by atoms with E-state index >= 15 is 0 Å². The lowest BCUT2D eigenvalue weighted by Crippen LogP contribution is -2.42. The van der Waals surface area contributed by atoms with E-state index in [4.69, 9.17) is 21.1 Å². The Morgan fingerprint density at radius 1 is 1.38 bits per heavy atom. The number of ether oxygens (including phenoxy) is 2. The molecule has 2 atom stereocenters. The molecule has 1 aromatic carbocycles. The van der Waals surface area contributed by atoms with Crippen LogP contribution in [-0.2, 0) is 20.8 Å². The second-order valence-corrected chi connectivity index (χ2v) is 6.68. The smallest absolute Gasteiger partial charge is 0.315 e. The number of allylic oxidation sites excluding steroid dienone is 2. The zero-order chi connectivity index (χ0) is 18.6. The Morgan fingerprint density at radius 3 is 2.88 bits per heavy atom. The number of methoxy groups -OCH3 is 1. The number of carbonyl (C=O) groups is 1. The van der Waals surface area contributed by atoms with Crippen molar-refractivity contribution < 1.29 is 14.3 Å². The van der Waals surface area contributed by atoms with Gasteiger partial charge < -0.3 is 14.0 Å². The number of carbonyl (C=O) groups excluding carboxylic acids is 1. The third-order valence-electron chi connectivity index (χ3n) is 4.52. The first-order valence-electron chi connectivity index (χ1n) is 8.37. The van der Waals surface area contributed by atoms with Crippen molar-refractivity contribution in [1.82, 2.24) is 9.55 Å². The maximum atomic E-state index is 12.4. The molecule has 6 heteroatoms. The quantitative estimate of drug-likeness (QED) is 0.724. The van der Waals surface area contributed by atoms with Gasteiger partial charge in [-0.2, -0.15) is 0 Å². The van der Waals surface area contributed by atoms with E-state index in [1.807, 2.05) is 60.2 Å². The van der Waals surface area contributed by atoms with Gasteiger partial charge in [0.05, 0.1) is 20.0 Å². The molecule has 0 bridgehead atoms. The van der Waals surface area contributed by atoms with Gasteiger partial charge in [0.25, 0.3) is 0 Å². The molecule has 5 nitrogen and oxygen atoms in total. The van der Waals surface area contributed by atoms with Gasteiger partial charge in [0.1, 0.15) is 11.5 Å². The van der Waals surface area contributed by atoms with Crippen molar-refractivity contribution in [2.24, 2.45) is 5.92 Å². The van der Waals surface area contributed by atoms with E-state index in [9.17, 15) is 4.79 Å². The minimum absolute atomic E-state index is 0.343. The van der Waals surface area contributed by atoms with E-state index in [0.29, 0.717) is 18.2 Å². The highest BCUT2D eigenvalue weighted by Gasteiger charge is 2.40. The van der Waals surface area contributed by atoms with Crippen LogP contribution in [0, 0.1) is 5.92 Å². The van der Waals surface area contributed by atoms with Crippen LogP contribution in [0.4, 0.5) is 0 Å². The number of imidazole rings is 1.